The highest BCUT2D eigenvalue weighted by Gasteiger charge is 2.16. The van der Waals surface area contributed by atoms with E-state index >= 15 is 0 Å². The van der Waals surface area contributed by atoms with Gasteiger partial charge in [0.1, 0.15) is 5.75 Å². The van der Waals surface area contributed by atoms with Crippen molar-refractivity contribution in [3.8, 4) is 5.75 Å². The molecule has 25 heavy (non-hydrogen) atoms. The molecule has 1 amide bonds. The monoisotopic (exact) mass is 362 g/mol. The summed E-state index contributed by atoms with van der Waals surface area (Å²) in [5.74, 6) is 0.146. The average molecular weight is 362 g/mol. The Morgan fingerprint density at radius 2 is 1.72 bits per heavy atom. The first-order valence-corrected chi connectivity index (χ1v) is 9.16. The van der Waals surface area contributed by atoms with E-state index in [9.17, 15) is 13.2 Å². The first-order valence-electron chi connectivity index (χ1n) is 7.72. The van der Waals surface area contributed by atoms with Crippen LogP contribution >= 0.6 is 0 Å². The second-order valence-electron chi connectivity index (χ2n) is 5.91. The first kappa shape index (κ1) is 19.0. The Balaban J connectivity index is 1.97. The minimum absolute atomic E-state index is 0.160. The van der Waals surface area contributed by atoms with Crippen LogP contribution in [0.2, 0.25) is 0 Å². The van der Waals surface area contributed by atoms with Crippen LogP contribution in [-0.4, -0.2) is 39.3 Å². The van der Waals surface area contributed by atoms with Crippen LogP contribution in [-0.2, 0) is 14.8 Å². The number of rotatable bonds is 6. The van der Waals surface area contributed by atoms with Gasteiger partial charge in [-0.3, -0.25) is 4.79 Å². The van der Waals surface area contributed by atoms with Crippen LogP contribution in [0.1, 0.15) is 11.1 Å². The summed E-state index contributed by atoms with van der Waals surface area (Å²) < 4.78 is 30.5. The second kappa shape index (κ2) is 7.67. The maximum atomic E-state index is 12.0. The highest BCUT2D eigenvalue weighted by atomic mass is 32.2. The van der Waals surface area contributed by atoms with E-state index in [1.807, 2.05) is 32.0 Å². The van der Waals surface area contributed by atoms with Crippen LogP contribution in [0.5, 0.6) is 5.75 Å². The molecule has 2 rings (SSSR count). The molecule has 0 unspecified atom stereocenters. The van der Waals surface area contributed by atoms with Gasteiger partial charge in [-0.1, -0.05) is 12.1 Å². The molecule has 0 bridgehead atoms. The van der Waals surface area contributed by atoms with E-state index in [4.69, 9.17) is 4.74 Å². The summed E-state index contributed by atoms with van der Waals surface area (Å²) in [7, 11) is -0.537. The van der Waals surface area contributed by atoms with Gasteiger partial charge in [0.2, 0.25) is 10.0 Å². The maximum absolute atomic E-state index is 12.0. The van der Waals surface area contributed by atoms with Crippen LogP contribution in [0.3, 0.4) is 0 Å². The fraction of sp³-hybridized carbons (Fsp3) is 0.278. The Bertz CT molecular complexity index is 859. The summed E-state index contributed by atoms with van der Waals surface area (Å²) >= 11 is 0. The van der Waals surface area contributed by atoms with Crippen molar-refractivity contribution in [3.63, 3.8) is 0 Å². The number of hydrogen-bond donors (Lipinski definition) is 1. The molecule has 0 radical (unpaired) electrons. The normalized spacial score (nSPS) is 11.4. The lowest BCUT2D eigenvalue weighted by Crippen LogP contribution is -2.22. The fourth-order valence-electron chi connectivity index (χ4n) is 2.12. The van der Waals surface area contributed by atoms with E-state index in [0.29, 0.717) is 5.75 Å². The summed E-state index contributed by atoms with van der Waals surface area (Å²) in [5.41, 5.74) is 2.78. The molecule has 134 valence electrons. The molecule has 7 heteroatoms. The van der Waals surface area contributed by atoms with E-state index in [1.54, 1.807) is 0 Å². The predicted octanol–water partition coefficient (Wildman–Crippen LogP) is 2.57. The number of carbonyl (C=O) groups is 1. The molecule has 0 aliphatic rings. The van der Waals surface area contributed by atoms with Gasteiger partial charge in [0.15, 0.2) is 6.61 Å². The number of sulfonamides is 1. The number of benzene rings is 2. The highest BCUT2D eigenvalue weighted by molar-refractivity contribution is 7.89. The maximum Gasteiger partial charge on any atom is 0.262 e. The number of ether oxygens (including phenoxy) is 1. The van der Waals surface area contributed by atoms with Crippen LogP contribution in [0.4, 0.5) is 5.69 Å². The fourth-order valence-corrected chi connectivity index (χ4v) is 3.03. The Labute approximate surface area is 148 Å². The van der Waals surface area contributed by atoms with Crippen molar-refractivity contribution in [3.05, 3.63) is 53.6 Å². The van der Waals surface area contributed by atoms with Crippen molar-refractivity contribution in [1.82, 2.24) is 4.31 Å². The highest BCUT2D eigenvalue weighted by Crippen LogP contribution is 2.19. The molecule has 0 heterocycles. The van der Waals surface area contributed by atoms with Crippen LogP contribution in [0, 0.1) is 13.8 Å². The minimum Gasteiger partial charge on any atom is -0.484 e. The number of anilines is 1. The largest absolute Gasteiger partial charge is 0.484 e. The summed E-state index contributed by atoms with van der Waals surface area (Å²) in [6, 6.07) is 11.8. The Morgan fingerprint density at radius 3 is 2.32 bits per heavy atom. The molecule has 0 aliphatic carbocycles. The molecule has 6 nitrogen and oxygen atoms in total. The Kier molecular flexibility index (Phi) is 5.81. The van der Waals surface area contributed by atoms with Crippen molar-refractivity contribution >= 4 is 21.6 Å². The lowest BCUT2D eigenvalue weighted by molar-refractivity contribution is -0.118. The Hall–Kier alpha value is -2.38. The number of nitrogens with zero attached hydrogens (tertiary/aromatic N) is 1. The summed E-state index contributed by atoms with van der Waals surface area (Å²) in [5, 5.41) is 2.81. The molecule has 0 saturated carbocycles. The van der Waals surface area contributed by atoms with Gasteiger partial charge in [-0.15, -0.1) is 0 Å². The zero-order chi connectivity index (χ0) is 18.6. The topological polar surface area (TPSA) is 75.7 Å². The molecule has 0 spiro atoms. The van der Waals surface area contributed by atoms with E-state index in [2.05, 4.69) is 5.32 Å². The predicted molar refractivity (Wildman–Crippen MR) is 97.4 cm³/mol. The van der Waals surface area contributed by atoms with Gasteiger partial charge in [-0.2, -0.15) is 0 Å². The lowest BCUT2D eigenvalue weighted by atomic mass is 10.1. The SMILES string of the molecule is Cc1ccc(C)c(NC(=O)COc2ccc(S(=O)(=O)N(C)C)cc2)c1. The van der Waals surface area contributed by atoms with Gasteiger partial charge in [0.05, 0.1) is 4.90 Å². The van der Waals surface area contributed by atoms with Gasteiger partial charge in [-0.25, -0.2) is 12.7 Å². The van der Waals surface area contributed by atoms with E-state index in [1.165, 1.54) is 38.4 Å². The average Bonchev–Trinajstić information content (AvgIpc) is 2.56. The van der Waals surface area contributed by atoms with Crippen molar-refractivity contribution in [1.29, 1.82) is 0 Å². The van der Waals surface area contributed by atoms with E-state index in [-0.39, 0.29) is 17.4 Å². The standard InChI is InChI=1S/C18H22N2O4S/c1-13-5-6-14(2)17(11-13)19-18(21)12-24-15-7-9-16(10-8-15)25(22,23)20(3)4/h5-11H,12H2,1-4H3,(H,19,21). The zero-order valence-electron chi connectivity index (χ0n) is 14.7. The van der Waals surface area contributed by atoms with Crippen molar-refractivity contribution in [2.75, 3.05) is 26.0 Å². The molecule has 0 aliphatic heterocycles. The molecule has 0 aromatic heterocycles. The summed E-state index contributed by atoms with van der Waals surface area (Å²) in [4.78, 5) is 12.2. The molecule has 0 fully saturated rings. The zero-order valence-corrected chi connectivity index (χ0v) is 15.6. The molecular weight excluding hydrogens is 340 g/mol. The second-order valence-corrected chi connectivity index (χ2v) is 8.07. The number of nitrogens with one attached hydrogen (secondary N) is 1. The third-order valence-electron chi connectivity index (χ3n) is 3.64. The molecule has 0 saturated heterocycles. The molecule has 0 atom stereocenters. The van der Waals surface area contributed by atoms with Gasteiger partial charge in [-0.05, 0) is 55.3 Å². The van der Waals surface area contributed by atoms with Crippen molar-refractivity contribution in [2.24, 2.45) is 0 Å². The van der Waals surface area contributed by atoms with Crippen LogP contribution < -0.4 is 10.1 Å². The number of aryl methyl sites for hydroxylation is 2. The van der Waals surface area contributed by atoms with Gasteiger partial charge >= 0.3 is 0 Å². The summed E-state index contributed by atoms with van der Waals surface area (Å²) in [6.45, 7) is 3.71. The molecule has 2 aromatic carbocycles. The Morgan fingerprint density at radius 1 is 1.08 bits per heavy atom. The van der Waals surface area contributed by atoms with Crippen LogP contribution in [0.25, 0.3) is 0 Å². The van der Waals surface area contributed by atoms with Crippen LogP contribution in [0.15, 0.2) is 47.4 Å². The first-order chi connectivity index (χ1) is 11.7. The number of carbonyl (C=O) groups excluding carboxylic acids is 1. The minimum atomic E-state index is -3.48. The van der Waals surface area contributed by atoms with E-state index in [0.717, 1.165) is 21.1 Å². The lowest BCUT2D eigenvalue weighted by Gasteiger charge is -2.12. The third-order valence-corrected chi connectivity index (χ3v) is 5.47. The number of amides is 1. The van der Waals surface area contributed by atoms with Gasteiger partial charge in [0, 0.05) is 19.8 Å². The quantitative estimate of drug-likeness (QED) is 0.857. The summed E-state index contributed by atoms with van der Waals surface area (Å²) in [6.07, 6.45) is 0. The smallest absolute Gasteiger partial charge is 0.262 e. The molecule has 2 aromatic rings. The number of hydrogen-bond acceptors (Lipinski definition) is 4. The van der Waals surface area contributed by atoms with Gasteiger partial charge < -0.3 is 10.1 Å². The van der Waals surface area contributed by atoms with Gasteiger partial charge in [0.25, 0.3) is 5.91 Å². The van der Waals surface area contributed by atoms with Crippen molar-refractivity contribution < 1.29 is 17.9 Å². The third kappa shape index (κ3) is 4.80. The van der Waals surface area contributed by atoms with E-state index < -0.39 is 10.0 Å². The molecular formula is C18H22N2O4S. The molecule has 1 N–H and O–H groups in total. The van der Waals surface area contributed by atoms with Crippen molar-refractivity contribution in [2.45, 2.75) is 18.7 Å².